The number of ether oxygens (including phenoxy) is 1. The van der Waals surface area contributed by atoms with Gasteiger partial charge in [-0.15, -0.1) is 11.3 Å². The summed E-state index contributed by atoms with van der Waals surface area (Å²) in [6, 6.07) is 6.38. The zero-order valence-corrected chi connectivity index (χ0v) is 10.8. The van der Waals surface area contributed by atoms with Gasteiger partial charge >= 0.3 is 0 Å². The van der Waals surface area contributed by atoms with Crippen LogP contribution < -0.4 is 10.5 Å². The molecule has 3 heteroatoms. The summed E-state index contributed by atoms with van der Waals surface area (Å²) in [6.07, 6.45) is 4.69. The van der Waals surface area contributed by atoms with Crippen LogP contribution in [0, 0.1) is 0 Å². The van der Waals surface area contributed by atoms with Crippen molar-refractivity contribution in [3.63, 3.8) is 0 Å². The van der Waals surface area contributed by atoms with Crippen molar-refractivity contribution in [1.82, 2.24) is 0 Å². The Morgan fingerprint density at radius 3 is 2.71 bits per heavy atom. The van der Waals surface area contributed by atoms with Gasteiger partial charge in [-0.3, -0.25) is 0 Å². The number of rotatable bonds is 2. The highest BCUT2D eigenvalue weighted by molar-refractivity contribution is 7.17. The summed E-state index contributed by atoms with van der Waals surface area (Å²) in [5, 5.41) is 3.40. The number of fused-ring (bicyclic) bond motifs is 1. The van der Waals surface area contributed by atoms with Crippen molar-refractivity contribution < 1.29 is 4.74 Å². The summed E-state index contributed by atoms with van der Waals surface area (Å²) >= 11 is 1.73. The normalized spacial score (nSPS) is 18.7. The first-order valence-electron chi connectivity index (χ1n) is 6.08. The van der Waals surface area contributed by atoms with Crippen LogP contribution in [0.5, 0.6) is 5.75 Å². The van der Waals surface area contributed by atoms with Crippen molar-refractivity contribution in [3.05, 3.63) is 29.1 Å². The summed E-state index contributed by atoms with van der Waals surface area (Å²) in [5.74, 6) is 0.959. The molecule has 1 aliphatic carbocycles. The number of thiophene rings is 1. The molecule has 17 heavy (non-hydrogen) atoms. The van der Waals surface area contributed by atoms with Crippen LogP contribution >= 0.6 is 11.3 Å². The van der Waals surface area contributed by atoms with E-state index in [1.165, 1.54) is 28.5 Å². The maximum absolute atomic E-state index is 6.56. The van der Waals surface area contributed by atoms with E-state index in [0.717, 1.165) is 18.6 Å². The first-order chi connectivity index (χ1) is 8.24. The van der Waals surface area contributed by atoms with Crippen molar-refractivity contribution in [2.75, 3.05) is 7.11 Å². The molecule has 3 rings (SSSR count). The van der Waals surface area contributed by atoms with Gasteiger partial charge < -0.3 is 10.5 Å². The van der Waals surface area contributed by atoms with Crippen LogP contribution in [0.3, 0.4) is 0 Å². The van der Waals surface area contributed by atoms with E-state index in [0.29, 0.717) is 0 Å². The third-order valence-electron chi connectivity index (χ3n) is 3.83. The molecular weight excluding hydrogens is 230 g/mol. The van der Waals surface area contributed by atoms with Gasteiger partial charge in [0.25, 0.3) is 0 Å². The molecule has 0 saturated heterocycles. The van der Waals surface area contributed by atoms with Crippen LogP contribution in [-0.4, -0.2) is 7.11 Å². The third kappa shape index (κ3) is 1.65. The van der Waals surface area contributed by atoms with Crippen LogP contribution in [0.15, 0.2) is 23.6 Å². The van der Waals surface area contributed by atoms with E-state index in [-0.39, 0.29) is 5.54 Å². The molecule has 2 nitrogen and oxygen atoms in total. The molecule has 2 N–H and O–H groups in total. The van der Waals surface area contributed by atoms with Crippen LogP contribution in [0.2, 0.25) is 0 Å². The van der Waals surface area contributed by atoms with Crippen molar-refractivity contribution >= 4 is 21.4 Å². The van der Waals surface area contributed by atoms with Gasteiger partial charge in [-0.2, -0.15) is 0 Å². The van der Waals surface area contributed by atoms with Gasteiger partial charge in [0, 0.05) is 10.9 Å². The molecule has 1 saturated carbocycles. The zero-order chi connectivity index (χ0) is 11.9. The smallest absolute Gasteiger partial charge is 0.136 e. The van der Waals surface area contributed by atoms with E-state index >= 15 is 0 Å². The van der Waals surface area contributed by atoms with E-state index in [4.69, 9.17) is 10.5 Å². The number of nitrogens with two attached hydrogens (primary N) is 1. The lowest BCUT2D eigenvalue weighted by Gasteiger charge is -2.25. The van der Waals surface area contributed by atoms with E-state index in [1.807, 2.05) is 0 Å². The van der Waals surface area contributed by atoms with E-state index in [2.05, 4.69) is 23.6 Å². The average molecular weight is 247 g/mol. The first kappa shape index (κ1) is 11.1. The molecule has 1 aromatic carbocycles. The molecule has 0 spiro atoms. The largest absolute Gasteiger partial charge is 0.495 e. The van der Waals surface area contributed by atoms with Gasteiger partial charge in [-0.05, 0) is 35.9 Å². The fraction of sp³-hybridized carbons (Fsp3) is 0.429. The van der Waals surface area contributed by atoms with E-state index in [1.54, 1.807) is 18.4 Å². The predicted octanol–water partition coefficient (Wildman–Crippen LogP) is 3.64. The molecule has 0 aliphatic heterocycles. The molecule has 90 valence electrons. The van der Waals surface area contributed by atoms with Gasteiger partial charge in [0.1, 0.15) is 5.75 Å². The number of methoxy groups -OCH3 is 1. The molecule has 0 radical (unpaired) electrons. The molecule has 1 aromatic heterocycles. The molecule has 1 aliphatic rings. The van der Waals surface area contributed by atoms with Gasteiger partial charge in [-0.25, -0.2) is 0 Å². The number of benzene rings is 1. The minimum Gasteiger partial charge on any atom is -0.495 e. The summed E-state index contributed by atoms with van der Waals surface area (Å²) in [5.41, 5.74) is 7.74. The lowest BCUT2D eigenvalue weighted by Crippen LogP contribution is -2.33. The highest BCUT2D eigenvalue weighted by Gasteiger charge is 2.33. The molecule has 0 atom stereocenters. The monoisotopic (exact) mass is 247 g/mol. The molecule has 0 unspecified atom stereocenters. The Morgan fingerprint density at radius 2 is 2.00 bits per heavy atom. The third-order valence-corrected chi connectivity index (χ3v) is 4.76. The fourth-order valence-corrected chi connectivity index (χ4v) is 3.82. The SMILES string of the molecule is COc1ccc(C2(N)CCCC2)c2ccsc12. The number of hydrogen-bond acceptors (Lipinski definition) is 3. The average Bonchev–Trinajstić information content (AvgIpc) is 2.96. The standard InChI is InChI=1S/C14H17NOS/c1-16-12-5-4-11(10-6-9-17-13(10)12)14(15)7-2-3-8-14/h4-6,9H,2-3,7-8,15H2,1H3. The Labute approximate surface area is 105 Å². The van der Waals surface area contributed by atoms with Crippen LogP contribution in [-0.2, 0) is 5.54 Å². The predicted molar refractivity (Wildman–Crippen MR) is 72.7 cm³/mol. The van der Waals surface area contributed by atoms with Crippen molar-refractivity contribution in [2.45, 2.75) is 31.2 Å². The lowest BCUT2D eigenvalue weighted by atomic mass is 9.87. The molecule has 0 amide bonds. The Hall–Kier alpha value is -1.06. The van der Waals surface area contributed by atoms with Crippen molar-refractivity contribution in [1.29, 1.82) is 0 Å². The maximum Gasteiger partial charge on any atom is 0.136 e. The maximum atomic E-state index is 6.56. The van der Waals surface area contributed by atoms with Gasteiger partial charge in [-0.1, -0.05) is 18.9 Å². The lowest BCUT2D eigenvalue weighted by molar-refractivity contribution is 0.419. The van der Waals surface area contributed by atoms with Crippen LogP contribution in [0.1, 0.15) is 31.2 Å². The molecule has 1 fully saturated rings. The number of hydrogen-bond donors (Lipinski definition) is 1. The van der Waals surface area contributed by atoms with Crippen molar-refractivity contribution in [2.24, 2.45) is 5.73 Å². The Morgan fingerprint density at radius 1 is 1.24 bits per heavy atom. The Bertz CT molecular complexity index is 540. The summed E-state index contributed by atoms with van der Waals surface area (Å²) in [7, 11) is 1.72. The molecule has 2 aromatic rings. The van der Waals surface area contributed by atoms with Crippen LogP contribution in [0.25, 0.3) is 10.1 Å². The van der Waals surface area contributed by atoms with Gasteiger partial charge in [0.15, 0.2) is 0 Å². The van der Waals surface area contributed by atoms with Gasteiger partial charge in [0.05, 0.1) is 11.8 Å². The minimum atomic E-state index is -0.119. The van der Waals surface area contributed by atoms with Crippen molar-refractivity contribution in [3.8, 4) is 5.75 Å². The van der Waals surface area contributed by atoms with Gasteiger partial charge in [0.2, 0.25) is 0 Å². The topological polar surface area (TPSA) is 35.2 Å². The van der Waals surface area contributed by atoms with E-state index < -0.39 is 0 Å². The zero-order valence-electron chi connectivity index (χ0n) is 10.0. The Kier molecular flexibility index (Phi) is 2.60. The molecular formula is C14H17NOS. The molecule has 0 bridgehead atoms. The minimum absolute atomic E-state index is 0.119. The highest BCUT2D eigenvalue weighted by atomic mass is 32.1. The quantitative estimate of drug-likeness (QED) is 0.879. The fourth-order valence-electron chi connectivity index (χ4n) is 2.91. The molecule has 1 heterocycles. The second kappa shape index (κ2) is 4.00. The Balaban J connectivity index is 2.20. The van der Waals surface area contributed by atoms with E-state index in [9.17, 15) is 0 Å². The second-order valence-corrected chi connectivity index (χ2v) is 5.76. The summed E-state index contributed by atoms with van der Waals surface area (Å²) < 4.78 is 6.63. The summed E-state index contributed by atoms with van der Waals surface area (Å²) in [6.45, 7) is 0. The highest BCUT2D eigenvalue weighted by Crippen LogP contribution is 2.43. The van der Waals surface area contributed by atoms with Crippen LogP contribution in [0.4, 0.5) is 0 Å². The summed E-state index contributed by atoms with van der Waals surface area (Å²) in [4.78, 5) is 0. The second-order valence-electron chi connectivity index (χ2n) is 4.84. The first-order valence-corrected chi connectivity index (χ1v) is 6.96.